The van der Waals surface area contributed by atoms with Gasteiger partial charge < -0.3 is 4.74 Å². The third kappa shape index (κ3) is 3.49. The van der Waals surface area contributed by atoms with Gasteiger partial charge in [0.25, 0.3) is 0 Å². The molecule has 0 aliphatic heterocycles. The van der Waals surface area contributed by atoms with Crippen LogP contribution in [0.5, 0.6) is 0 Å². The molecule has 0 spiro atoms. The first-order valence-electron chi connectivity index (χ1n) is 5.21. The van der Waals surface area contributed by atoms with Gasteiger partial charge in [0.1, 0.15) is 13.0 Å². The Bertz CT molecular complexity index is 396. The summed E-state index contributed by atoms with van der Waals surface area (Å²) in [6.45, 7) is 5.87. The monoisotopic (exact) mass is 224 g/mol. The molecule has 5 nitrogen and oxygen atoms in total. The molecule has 1 rings (SSSR count). The Morgan fingerprint density at radius 1 is 1.44 bits per heavy atom. The molecule has 0 aromatic carbocycles. The molecule has 0 amide bonds. The first-order chi connectivity index (χ1) is 7.52. The predicted octanol–water partition coefficient (Wildman–Crippen LogP) is 1.02. The van der Waals surface area contributed by atoms with Crippen LogP contribution in [0, 0.1) is 13.8 Å². The third-order valence-corrected chi connectivity index (χ3v) is 2.08. The van der Waals surface area contributed by atoms with Crippen LogP contribution >= 0.6 is 0 Å². The van der Waals surface area contributed by atoms with E-state index in [1.807, 2.05) is 19.9 Å². The van der Waals surface area contributed by atoms with Crippen molar-refractivity contribution >= 4 is 11.8 Å². The minimum absolute atomic E-state index is 0.123. The number of carbonyl (C=O) groups excluding carboxylic acids is 2. The van der Waals surface area contributed by atoms with Gasteiger partial charge in [0, 0.05) is 5.69 Å². The van der Waals surface area contributed by atoms with E-state index in [9.17, 15) is 9.59 Å². The fourth-order valence-electron chi connectivity index (χ4n) is 1.43. The SMILES string of the molecule is CCOC(=O)CC(=O)Cn1nc(C)cc1C. The number of hydrogen-bond acceptors (Lipinski definition) is 4. The average molecular weight is 224 g/mol. The Morgan fingerprint density at radius 3 is 2.62 bits per heavy atom. The lowest BCUT2D eigenvalue weighted by Crippen LogP contribution is -2.17. The lowest BCUT2D eigenvalue weighted by Gasteiger charge is -2.03. The second-order valence-electron chi connectivity index (χ2n) is 3.61. The number of carbonyl (C=O) groups is 2. The summed E-state index contributed by atoms with van der Waals surface area (Å²) in [5.74, 6) is -0.668. The van der Waals surface area contributed by atoms with E-state index in [0.717, 1.165) is 11.4 Å². The van der Waals surface area contributed by atoms with Crippen LogP contribution in [0.2, 0.25) is 0 Å². The zero-order chi connectivity index (χ0) is 12.1. The van der Waals surface area contributed by atoms with Gasteiger partial charge in [-0.15, -0.1) is 0 Å². The maximum Gasteiger partial charge on any atom is 0.313 e. The highest BCUT2D eigenvalue weighted by molar-refractivity contribution is 5.95. The van der Waals surface area contributed by atoms with Crippen molar-refractivity contribution in [2.45, 2.75) is 33.7 Å². The van der Waals surface area contributed by atoms with E-state index in [1.54, 1.807) is 11.6 Å². The van der Waals surface area contributed by atoms with Crippen molar-refractivity contribution in [3.8, 4) is 0 Å². The van der Waals surface area contributed by atoms with Gasteiger partial charge in [0.05, 0.1) is 12.3 Å². The van der Waals surface area contributed by atoms with Crippen molar-refractivity contribution in [1.29, 1.82) is 0 Å². The number of esters is 1. The Hall–Kier alpha value is -1.65. The van der Waals surface area contributed by atoms with Crippen molar-refractivity contribution in [2.75, 3.05) is 6.61 Å². The molecule has 0 N–H and O–H groups in total. The van der Waals surface area contributed by atoms with Crippen LogP contribution in [0.25, 0.3) is 0 Å². The largest absolute Gasteiger partial charge is 0.466 e. The molecule has 0 aliphatic carbocycles. The molecule has 88 valence electrons. The van der Waals surface area contributed by atoms with Gasteiger partial charge in [-0.1, -0.05) is 0 Å². The topological polar surface area (TPSA) is 61.2 Å². The smallest absolute Gasteiger partial charge is 0.313 e. The van der Waals surface area contributed by atoms with Gasteiger partial charge >= 0.3 is 5.97 Å². The highest BCUT2D eigenvalue weighted by Gasteiger charge is 2.12. The van der Waals surface area contributed by atoms with Crippen molar-refractivity contribution < 1.29 is 14.3 Å². The number of ether oxygens (including phenoxy) is 1. The zero-order valence-electron chi connectivity index (χ0n) is 9.82. The molecule has 0 saturated carbocycles. The number of aryl methyl sites for hydroxylation is 2. The maximum absolute atomic E-state index is 11.5. The summed E-state index contributed by atoms with van der Waals surface area (Å²) in [4.78, 5) is 22.6. The zero-order valence-corrected chi connectivity index (χ0v) is 9.82. The third-order valence-electron chi connectivity index (χ3n) is 2.08. The highest BCUT2D eigenvalue weighted by Crippen LogP contribution is 2.02. The van der Waals surface area contributed by atoms with E-state index in [4.69, 9.17) is 4.74 Å². The molecule has 0 radical (unpaired) electrons. The second-order valence-corrected chi connectivity index (χ2v) is 3.61. The van der Waals surface area contributed by atoms with Gasteiger partial charge in [-0.3, -0.25) is 14.3 Å². The van der Waals surface area contributed by atoms with Crippen LogP contribution in [-0.4, -0.2) is 28.1 Å². The summed E-state index contributed by atoms with van der Waals surface area (Å²) >= 11 is 0. The average Bonchev–Trinajstić information content (AvgIpc) is 2.44. The number of Topliss-reactive ketones (excluding diaryl/α,β-unsaturated/α-hetero) is 1. The Kier molecular flexibility index (Phi) is 4.22. The van der Waals surface area contributed by atoms with Crippen LogP contribution < -0.4 is 0 Å². The van der Waals surface area contributed by atoms with Crippen molar-refractivity contribution in [3.63, 3.8) is 0 Å². The molecule has 0 aliphatic rings. The van der Waals surface area contributed by atoms with E-state index in [-0.39, 0.29) is 18.7 Å². The lowest BCUT2D eigenvalue weighted by atomic mass is 10.3. The molecule has 16 heavy (non-hydrogen) atoms. The van der Waals surface area contributed by atoms with E-state index in [2.05, 4.69) is 5.10 Å². The minimum Gasteiger partial charge on any atom is -0.466 e. The van der Waals surface area contributed by atoms with E-state index in [1.165, 1.54) is 0 Å². The standard InChI is InChI=1S/C11H16N2O3/c1-4-16-11(15)6-10(14)7-13-9(3)5-8(2)12-13/h5H,4,6-7H2,1-3H3. The van der Waals surface area contributed by atoms with Crippen molar-refractivity contribution in [1.82, 2.24) is 9.78 Å². The lowest BCUT2D eigenvalue weighted by molar-refractivity contribution is -0.145. The van der Waals surface area contributed by atoms with Gasteiger partial charge in [-0.2, -0.15) is 5.10 Å². The van der Waals surface area contributed by atoms with Gasteiger partial charge in [0.2, 0.25) is 0 Å². The molecule has 0 bridgehead atoms. The van der Waals surface area contributed by atoms with E-state index in [0.29, 0.717) is 6.61 Å². The molecule has 0 unspecified atom stereocenters. The molecule has 1 heterocycles. The molecule has 5 heteroatoms. The maximum atomic E-state index is 11.5. The molecule has 0 saturated heterocycles. The summed E-state index contributed by atoms with van der Waals surface area (Å²) in [7, 11) is 0. The highest BCUT2D eigenvalue weighted by atomic mass is 16.5. The van der Waals surface area contributed by atoms with Crippen LogP contribution in [0.4, 0.5) is 0 Å². The minimum atomic E-state index is -0.478. The summed E-state index contributed by atoms with van der Waals surface area (Å²) < 4.78 is 6.29. The quantitative estimate of drug-likeness (QED) is 0.553. The van der Waals surface area contributed by atoms with E-state index < -0.39 is 5.97 Å². The Balaban J connectivity index is 2.52. The summed E-state index contributed by atoms with van der Waals surface area (Å²) in [5, 5.41) is 4.15. The summed E-state index contributed by atoms with van der Waals surface area (Å²) in [6.07, 6.45) is -0.188. The van der Waals surface area contributed by atoms with Crippen molar-refractivity contribution in [3.05, 3.63) is 17.5 Å². The molecule has 1 aromatic rings. The van der Waals surface area contributed by atoms with Gasteiger partial charge in [0.15, 0.2) is 5.78 Å². The number of rotatable bonds is 5. The van der Waals surface area contributed by atoms with Gasteiger partial charge in [-0.25, -0.2) is 0 Å². The number of ketones is 1. The normalized spacial score (nSPS) is 10.2. The first kappa shape index (κ1) is 12.4. The summed E-state index contributed by atoms with van der Waals surface area (Å²) in [5.41, 5.74) is 1.77. The molecule has 0 atom stereocenters. The van der Waals surface area contributed by atoms with Gasteiger partial charge in [-0.05, 0) is 26.8 Å². The number of hydrogen-bond donors (Lipinski definition) is 0. The Morgan fingerprint density at radius 2 is 2.12 bits per heavy atom. The summed E-state index contributed by atoms with van der Waals surface area (Å²) in [6, 6.07) is 1.89. The Labute approximate surface area is 94.4 Å². The predicted molar refractivity (Wildman–Crippen MR) is 58.0 cm³/mol. The number of nitrogens with zero attached hydrogens (tertiary/aromatic N) is 2. The number of aromatic nitrogens is 2. The molecule has 1 aromatic heterocycles. The first-order valence-corrected chi connectivity index (χ1v) is 5.21. The van der Waals surface area contributed by atoms with Crippen LogP contribution in [0.1, 0.15) is 24.7 Å². The molecule has 0 fully saturated rings. The van der Waals surface area contributed by atoms with Crippen molar-refractivity contribution in [2.24, 2.45) is 0 Å². The van der Waals surface area contributed by atoms with E-state index >= 15 is 0 Å². The van der Waals surface area contributed by atoms with Crippen LogP contribution in [-0.2, 0) is 20.9 Å². The second kappa shape index (κ2) is 5.44. The van der Waals surface area contributed by atoms with Crippen LogP contribution in [0.3, 0.4) is 0 Å². The van der Waals surface area contributed by atoms with Crippen LogP contribution in [0.15, 0.2) is 6.07 Å². The fourth-order valence-corrected chi connectivity index (χ4v) is 1.43. The molecular formula is C11H16N2O3. The molecular weight excluding hydrogens is 208 g/mol. The fraction of sp³-hybridized carbons (Fsp3) is 0.545.